The molecule has 0 radical (unpaired) electrons. The number of nitrogens with zero attached hydrogens (tertiary/aromatic N) is 1. The number of benzene rings is 1. The van der Waals surface area contributed by atoms with Gasteiger partial charge in [0.15, 0.2) is 0 Å². The molecule has 1 fully saturated rings. The largest absolute Gasteiger partial charge is 0.352 e. The molecule has 132 valence electrons. The second kappa shape index (κ2) is 7.50. The summed E-state index contributed by atoms with van der Waals surface area (Å²) in [5.74, 6) is -0.695. The number of sulfonamides is 1. The summed E-state index contributed by atoms with van der Waals surface area (Å²) in [5.41, 5.74) is 0.730. The van der Waals surface area contributed by atoms with Gasteiger partial charge in [0.05, 0.1) is 16.8 Å². The van der Waals surface area contributed by atoms with Gasteiger partial charge in [-0.3, -0.25) is 9.59 Å². The van der Waals surface area contributed by atoms with Crippen LogP contribution in [0.4, 0.5) is 5.69 Å². The van der Waals surface area contributed by atoms with Crippen molar-refractivity contribution in [3.63, 3.8) is 0 Å². The molecule has 1 atom stereocenters. The molecule has 1 aromatic rings. The van der Waals surface area contributed by atoms with Crippen LogP contribution >= 0.6 is 11.6 Å². The third kappa shape index (κ3) is 4.25. The van der Waals surface area contributed by atoms with Crippen molar-refractivity contribution in [3.8, 4) is 0 Å². The molecule has 2 rings (SSSR count). The van der Waals surface area contributed by atoms with Gasteiger partial charge in [0.2, 0.25) is 15.9 Å². The topological polar surface area (TPSA) is 95.6 Å². The minimum atomic E-state index is -3.43. The van der Waals surface area contributed by atoms with Crippen LogP contribution in [0.2, 0.25) is 5.02 Å². The zero-order valence-corrected chi connectivity index (χ0v) is 15.1. The molecule has 0 bridgehead atoms. The van der Waals surface area contributed by atoms with E-state index in [2.05, 4.69) is 10.6 Å². The Morgan fingerprint density at radius 1 is 1.38 bits per heavy atom. The Kier molecular flexibility index (Phi) is 5.84. The minimum absolute atomic E-state index is 0.213. The molecular formula is C15H20ClN3O4S. The molecule has 2 amide bonds. The van der Waals surface area contributed by atoms with Crippen molar-refractivity contribution in [1.82, 2.24) is 9.62 Å². The minimum Gasteiger partial charge on any atom is -0.352 e. The van der Waals surface area contributed by atoms with E-state index in [1.54, 1.807) is 13.0 Å². The van der Waals surface area contributed by atoms with E-state index in [0.717, 1.165) is 6.26 Å². The highest BCUT2D eigenvalue weighted by Crippen LogP contribution is 2.24. The van der Waals surface area contributed by atoms with Crippen LogP contribution in [0, 0.1) is 0 Å². The molecule has 1 saturated heterocycles. The highest BCUT2D eigenvalue weighted by molar-refractivity contribution is 7.88. The maximum absolute atomic E-state index is 12.4. The number of carbonyl (C=O) groups excluding carboxylic acids is 2. The van der Waals surface area contributed by atoms with Crippen LogP contribution in [0.3, 0.4) is 0 Å². The fraction of sp³-hybridized carbons (Fsp3) is 0.467. The van der Waals surface area contributed by atoms with Crippen LogP contribution in [0.1, 0.15) is 30.1 Å². The van der Waals surface area contributed by atoms with Crippen LogP contribution in [0.5, 0.6) is 0 Å². The van der Waals surface area contributed by atoms with Crippen molar-refractivity contribution in [2.75, 3.05) is 24.7 Å². The molecule has 2 N–H and O–H groups in total. The molecule has 1 aromatic carbocycles. The first-order valence-electron chi connectivity index (χ1n) is 7.59. The van der Waals surface area contributed by atoms with Gasteiger partial charge in [0.1, 0.15) is 6.04 Å². The molecule has 24 heavy (non-hydrogen) atoms. The molecular weight excluding hydrogens is 354 g/mol. The Morgan fingerprint density at radius 3 is 2.67 bits per heavy atom. The average Bonchev–Trinajstić information content (AvgIpc) is 2.97. The lowest BCUT2D eigenvalue weighted by molar-refractivity contribution is -0.119. The predicted octanol–water partition coefficient (Wildman–Crippen LogP) is 1.45. The van der Waals surface area contributed by atoms with Crippen LogP contribution < -0.4 is 10.6 Å². The summed E-state index contributed by atoms with van der Waals surface area (Å²) in [7, 11) is -3.43. The number of halogens is 1. The SMILES string of the molecule is CCNC(=O)c1ccc(NC(=O)[C@@H]2CCCN2S(C)(=O)=O)cc1Cl. The summed E-state index contributed by atoms with van der Waals surface area (Å²) in [4.78, 5) is 24.2. The summed E-state index contributed by atoms with van der Waals surface area (Å²) in [6.45, 7) is 2.62. The molecule has 0 saturated carbocycles. The molecule has 0 unspecified atom stereocenters. The van der Waals surface area contributed by atoms with E-state index in [0.29, 0.717) is 37.2 Å². The van der Waals surface area contributed by atoms with Crippen molar-refractivity contribution in [3.05, 3.63) is 28.8 Å². The normalized spacial score (nSPS) is 18.4. The molecule has 9 heteroatoms. The summed E-state index contributed by atoms with van der Waals surface area (Å²) in [6, 6.07) is 3.84. The summed E-state index contributed by atoms with van der Waals surface area (Å²) < 4.78 is 24.6. The number of hydrogen-bond donors (Lipinski definition) is 2. The molecule has 0 aliphatic carbocycles. The van der Waals surface area contributed by atoms with Crippen LogP contribution in [0.15, 0.2) is 18.2 Å². The molecule has 7 nitrogen and oxygen atoms in total. The first kappa shape index (κ1) is 18.7. The first-order valence-corrected chi connectivity index (χ1v) is 9.82. The Morgan fingerprint density at radius 2 is 2.08 bits per heavy atom. The molecule has 0 spiro atoms. The lowest BCUT2D eigenvalue weighted by atomic mass is 10.1. The van der Waals surface area contributed by atoms with Gasteiger partial charge >= 0.3 is 0 Å². The summed E-state index contributed by atoms with van der Waals surface area (Å²) in [5, 5.41) is 5.52. The third-order valence-corrected chi connectivity index (χ3v) is 5.35. The molecule has 1 heterocycles. The first-order chi connectivity index (χ1) is 11.2. The Bertz CT molecular complexity index is 751. The summed E-state index contributed by atoms with van der Waals surface area (Å²) >= 11 is 6.09. The number of hydrogen-bond acceptors (Lipinski definition) is 4. The van der Waals surface area contributed by atoms with Gasteiger partial charge < -0.3 is 10.6 Å². The maximum atomic E-state index is 12.4. The second-order valence-electron chi connectivity index (χ2n) is 5.58. The highest BCUT2D eigenvalue weighted by Gasteiger charge is 2.36. The molecule has 1 aliphatic rings. The van der Waals surface area contributed by atoms with Crippen molar-refractivity contribution < 1.29 is 18.0 Å². The monoisotopic (exact) mass is 373 g/mol. The van der Waals surface area contributed by atoms with Crippen LogP contribution in [0.25, 0.3) is 0 Å². The van der Waals surface area contributed by atoms with E-state index in [1.807, 2.05) is 0 Å². The second-order valence-corrected chi connectivity index (χ2v) is 7.92. The standard InChI is InChI=1S/C15H20ClN3O4S/c1-3-17-14(20)11-7-6-10(9-12(11)16)18-15(21)13-5-4-8-19(13)24(2,22)23/h6-7,9,13H,3-5,8H2,1-2H3,(H,17,20)(H,18,21)/t13-/m0/s1. The number of amides is 2. The Labute approximate surface area is 146 Å². The van der Waals surface area contributed by atoms with Gasteiger partial charge in [-0.15, -0.1) is 0 Å². The predicted molar refractivity (Wildman–Crippen MR) is 92.7 cm³/mol. The van der Waals surface area contributed by atoms with Crippen molar-refractivity contribution >= 4 is 39.1 Å². The van der Waals surface area contributed by atoms with Gasteiger partial charge in [-0.1, -0.05) is 11.6 Å². The van der Waals surface area contributed by atoms with E-state index in [4.69, 9.17) is 11.6 Å². The Balaban J connectivity index is 2.12. The molecule has 1 aliphatic heterocycles. The maximum Gasteiger partial charge on any atom is 0.252 e. The van der Waals surface area contributed by atoms with Crippen LogP contribution in [-0.2, 0) is 14.8 Å². The number of carbonyl (C=O) groups is 2. The zero-order chi connectivity index (χ0) is 17.9. The summed E-state index contributed by atoms with van der Waals surface area (Å²) in [6.07, 6.45) is 2.21. The number of nitrogens with one attached hydrogen (secondary N) is 2. The number of anilines is 1. The van der Waals surface area contributed by atoms with Gasteiger partial charge in [-0.25, -0.2) is 8.42 Å². The lowest BCUT2D eigenvalue weighted by Crippen LogP contribution is -2.42. The van der Waals surface area contributed by atoms with E-state index in [9.17, 15) is 18.0 Å². The quantitative estimate of drug-likeness (QED) is 0.816. The van der Waals surface area contributed by atoms with E-state index in [1.165, 1.54) is 16.4 Å². The van der Waals surface area contributed by atoms with Gasteiger partial charge in [-0.2, -0.15) is 4.31 Å². The van der Waals surface area contributed by atoms with E-state index >= 15 is 0 Å². The van der Waals surface area contributed by atoms with Crippen molar-refractivity contribution in [2.45, 2.75) is 25.8 Å². The van der Waals surface area contributed by atoms with Gasteiger partial charge in [0, 0.05) is 18.8 Å². The Hall–Kier alpha value is -1.64. The fourth-order valence-electron chi connectivity index (χ4n) is 2.66. The van der Waals surface area contributed by atoms with Crippen molar-refractivity contribution in [2.24, 2.45) is 0 Å². The van der Waals surface area contributed by atoms with E-state index < -0.39 is 22.0 Å². The lowest BCUT2D eigenvalue weighted by Gasteiger charge is -2.21. The fourth-order valence-corrected chi connectivity index (χ4v) is 4.05. The van der Waals surface area contributed by atoms with Gasteiger partial charge in [0.25, 0.3) is 5.91 Å². The molecule has 0 aromatic heterocycles. The van der Waals surface area contributed by atoms with Gasteiger partial charge in [-0.05, 0) is 38.0 Å². The number of rotatable bonds is 5. The van der Waals surface area contributed by atoms with E-state index in [-0.39, 0.29) is 10.9 Å². The highest BCUT2D eigenvalue weighted by atomic mass is 35.5. The van der Waals surface area contributed by atoms with Crippen molar-refractivity contribution in [1.29, 1.82) is 0 Å². The third-order valence-electron chi connectivity index (χ3n) is 3.75. The van der Waals surface area contributed by atoms with Crippen LogP contribution in [-0.4, -0.2) is 49.9 Å². The average molecular weight is 374 g/mol. The smallest absolute Gasteiger partial charge is 0.252 e. The zero-order valence-electron chi connectivity index (χ0n) is 13.5.